The molecule has 0 spiro atoms. The summed E-state index contributed by atoms with van der Waals surface area (Å²) in [5, 5.41) is 8.29. The molecule has 2 aromatic heterocycles. The molecule has 3 heterocycles. The minimum absolute atomic E-state index is 0.731. The van der Waals surface area contributed by atoms with Crippen molar-refractivity contribution in [2.24, 2.45) is 0 Å². The van der Waals surface area contributed by atoms with Crippen molar-refractivity contribution >= 4 is 11.3 Å². The summed E-state index contributed by atoms with van der Waals surface area (Å²) >= 11 is 1.72. The number of thiophene rings is 1. The number of rotatable bonds is 5. The maximum absolute atomic E-state index is 5.32. The number of nitrogens with zero attached hydrogens (tertiary/aromatic N) is 3. The molecule has 0 bridgehead atoms. The summed E-state index contributed by atoms with van der Waals surface area (Å²) in [6.45, 7) is 4.23. The van der Waals surface area contributed by atoms with Crippen molar-refractivity contribution in [3.05, 3.63) is 34.1 Å². The molecule has 0 atom stereocenters. The molecule has 6 heteroatoms. The smallest absolute Gasteiger partial charge is 0.227 e. The van der Waals surface area contributed by atoms with Gasteiger partial charge in [0.25, 0.3) is 0 Å². The summed E-state index contributed by atoms with van der Waals surface area (Å²) in [6.07, 6.45) is 1.77. The van der Waals surface area contributed by atoms with Gasteiger partial charge in [-0.1, -0.05) is 5.16 Å². The Labute approximate surface area is 116 Å². The number of hydrogen-bond acceptors (Lipinski definition) is 6. The SMILES string of the molecule is c1cc(CCc2nc(CN3CCOCC3)no2)cs1. The first-order valence-electron chi connectivity index (χ1n) is 6.53. The van der Waals surface area contributed by atoms with Crippen LogP contribution in [0, 0.1) is 0 Å². The van der Waals surface area contributed by atoms with Crippen LogP contribution >= 0.6 is 11.3 Å². The Kier molecular flexibility index (Phi) is 4.22. The lowest BCUT2D eigenvalue weighted by atomic mass is 10.2. The Morgan fingerprint density at radius 3 is 2.95 bits per heavy atom. The normalized spacial score (nSPS) is 16.8. The monoisotopic (exact) mass is 279 g/mol. The maximum atomic E-state index is 5.32. The number of hydrogen-bond donors (Lipinski definition) is 0. The topological polar surface area (TPSA) is 51.4 Å². The largest absolute Gasteiger partial charge is 0.379 e. The molecule has 0 aliphatic carbocycles. The molecule has 3 rings (SSSR count). The summed E-state index contributed by atoms with van der Waals surface area (Å²) in [6, 6.07) is 2.13. The molecule has 102 valence electrons. The summed E-state index contributed by atoms with van der Waals surface area (Å²) in [5.41, 5.74) is 1.33. The number of ether oxygens (including phenoxy) is 1. The number of morpholine rings is 1. The van der Waals surface area contributed by atoms with Crippen molar-refractivity contribution in [3.8, 4) is 0 Å². The second kappa shape index (κ2) is 6.27. The molecular weight excluding hydrogens is 262 g/mol. The fraction of sp³-hybridized carbons (Fsp3) is 0.538. The van der Waals surface area contributed by atoms with Crippen LogP contribution < -0.4 is 0 Å². The lowest BCUT2D eigenvalue weighted by molar-refractivity contribution is 0.0327. The fourth-order valence-electron chi connectivity index (χ4n) is 2.10. The molecule has 0 saturated carbocycles. The van der Waals surface area contributed by atoms with Crippen LogP contribution in [-0.4, -0.2) is 41.3 Å². The first-order chi connectivity index (χ1) is 9.40. The fourth-order valence-corrected chi connectivity index (χ4v) is 2.80. The van der Waals surface area contributed by atoms with Crippen LogP contribution in [0.2, 0.25) is 0 Å². The zero-order chi connectivity index (χ0) is 12.9. The van der Waals surface area contributed by atoms with Crippen molar-refractivity contribution in [3.63, 3.8) is 0 Å². The van der Waals surface area contributed by atoms with E-state index in [1.165, 1.54) is 5.56 Å². The summed E-state index contributed by atoms with van der Waals surface area (Å²) < 4.78 is 10.6. The molecular formula is C13H17N3O2S. The number of aromatic nitrogens is 2. The van der Waals surface area contributed by atoms with Crippen LogP contribution in [0.15, 0.2) is 21.3 Å². The molecule has 19 heavy (non-hydrogen) atoms. The first kappa shape index (κ1) is 12.8. The van der Waals surface area contributed by atoms with Crippen molar-refractivity contribution in [2.45, 2.75) is 19.4 Å². The lowest BCUT2D eigenvalue weighted by Gasteiger charge is -2.24. The van der Waals surface area contributed by atoms with E-state index < -0.39 is 0 Å². The van der Waals surface area contributed by atoms with E-state index in [1.807, 2.05) is 0 Å². The summed E-state index contributed by atoms with van der Waals surface area (Å²) in [4.78, 5) is 6.74. The zero-order valence-corrected chi connectivity index (χ0v) is 11.6. The molecule has 0 aromatic carbocycles. The summed E-state index contributed by atoms with van der Waals surface area (Å²) in [7, 11) is 0. The minimum Gasteiger partial charge on any atom is -0.379 e. The van der Waals surface area contributed by atoms with Gasteiger partial charge in [0.05, 0.1) is 19.8 Å². The van der Waals surface area contributed by atoms with E-state index in [4.69, 9.17) is 9.26 Å². The maximum Gasteiger partial charge on any atom is 0.227 e. The predicted octanol–water partition coefficient (Wildman–Crippen LogP) is 1.75. The average Bonchev–Trinajstić information content (AvgIpc) is 3.09. The van der Waals surface area contributed by atoms with Gasteiger partial charge in [0.2, 0.25) is 5.89 Å². The first-order valence-corrected chi connectivity index (χ1v) is 7.47. The second-order valence-electron chi connectivity index (χ2n) is 4.62. The highest BCUT2D eigenvalue weighted by Crippen LogP contribution is 2.10. The highest BCUT2D eigenvalue weighted by atomic mass is 32.1. The second-order valence-corrected chi connectivity index (χ2v) is 5.40. The Hall–Kier alpha value is -1.24. The van der Waals surface area contributed by atoms with Crippen LogP contribution in [0.25, 0.3) is 0 Å². The molecule has 0 N–H and O–H groups in total. The van der Waals surface area contributed by atoms with Crippen molar-refractivity contribution in [1.82, 2.24) is 15.0 Å². The van der Waals surface area contributed by atoms with E-state index in [0.29, 0.717) is 0 Å². The van der Waals surface area contributed by atoms with Gasteiger partial charge in [-0.15, -0.1) is 0 Å². The van der Waals surface area contributed by atoms with E-state index in [9.17, 15) is 0 Å². The quantitative estimate of drug-likeness (QED) is 0.834. The standard InChI is InChI=1S/C13H17N3O2S/c1(11-3-8-19-10-11)2-13-14-12(15-18-13)9-16-4-6-17-7-5-16/h3,8,10H,1-2,4-7,9H2. The van der Waals surface area contributed by atoms with E-state index in [1.54, 1.807) is 11.3 Å². The van der Waals surface area contributed by atoms with Crippen molar-refractivity contribution in [2.75, 3.05) is 26.3 Å². The van der Waals surface area contributed by atoms with Crippen molar-refractivity contribution < 1.29 is 9.26 Å². The molecule has 5 nitrogen and oxygen atoms in total. The molecule has 1 aliphatic rings. The van der Waals surface area contributed by atoms with E-state index >= 15 is 0 Å². The Balaban J connectivity index is 1.51. The van der Waals surface area contributed by atoms with Gasteiger partial charge in [0, 0.05) is 19.5 Å². The van der Waals surface area contributed by atoms with Crippen molar-refractivity contribution in [1.29, 1.82) is 0 Å². The molecule has 1 fully saturated rings. The molecule has 1 saturated heterocycles. The third-order valence-corrected chi connectivity index (χ3v) is 3.92. The van der Waals surface area contributed by atoms with Gasteiger partial charge in [-0.05, 0) is 28.8 Å². The van der Waals surface area contributed by atoms with Gasteiger partial charge in [-0.2, -0.15) is 16.3 Å². The summed E-state index contributed by atoms with van der Waals surface area (Å²) in [5.74, 6) is 1.51. The third-order valence-electron chi connectivity index (χ3n) is 3.19. The van der Waals surface area contributed by atoms with Gasteiger partial charge in [0.1, 0.15) is 0 Å². The predicted molar refractivity (Wildman–Crippen MR) is 72.1 cm³/mol. The van der Waals surface area contributed by atoms with Gasteiger partial charge in [0.15, 0.2) is 5.82 Å². The van der Waals surface area contributed by atoms with E-state index in [0.717, 1.165) is 57.4 Å². The van der Waals surface area contributed by atoms with Crippen LogP contribution in [0.3, 0.4) is 0 Å². The van der Waals surface area contributed by atoms with Crippen LogP contribution in [0.4, 0.5) is 0 Å². The van der Waals surface area contributed by atoms with E-state index in [2.05, 4.69) is 31.9 Å². The van der Waals surface area contributed by atoms with Gasteiger partial charge in [-0.3, -0.25) is 4.90 Å². The Morgan fingerprint density at radius 2 is 2.16 bits per heavy atom. The molecule has 2 aromatic rings. The van der Waals surface area contributed by atoms with Crippen LogP contribution in [0.5, 0.6) is 0 Å². The molecule has 1 aliphatic heterocycles. The highest BCUT2D eigenvalue weighted by Gasteiger charge is 2.14. The van der Waals surface area contributed by atoms with Gasteiger partial charge in [-0.25, -0.2) is 0 Å². The molecule has 0 amide bonds. The lowest BCUT2D eigenvalue weighted by Crippen LogP contribution is -2.35. The average molecular weight is 279 g/mol. The van der Waals surface area contributed by atoms with Crippen LogP contribution in [0.1, 0.15) is 17.3 Å². The van der Waals surface area contributed by atoms with Gasteiger partial charge < -0.3 is 9.26 Å². The Bertz CT molecular complexity index is 492. The molecule has 0 radical (unpaired) electrons. The highest BCUT2D eigenvalue weighted by molar-refractivity contribution is 7.07. The number of aryl methyl sites for hydroxylation is 2. The van der Waals surface area contributed by atoms with Gasteiger partial charge >= 0.3 is 0 Å². The third kappa shape index (κ3) is 3.62. The minimum atomic E-state index is 0.731. The Morgan fingerprint density at radius 1 is 1.26 bits per heavy atom. The zero-order valence-electron chi connectivity index (χ0n) is 10.7. The van der Waals surface area contributed by atoms with E-state index in [-0.39, 0.29) is 0 Å². The molecule has 0 unspecified atom stereocenters. The van der Waals surface area contributed by atoms with Crippen LogP contribution in [-0.2, 0) is 24.1 Å².